The van der Waals surface area contributed by atoms with Crippen molar-refractivity contribution in [2.24, 2.45) is 17.6 Å². The molecule has 0 aromatic rings. The number of nitrogens with zero attached hydrogens (tertiary/aromatic N) is 1. The minimum absolute atomic E-state index is 0.0500. The van der Waals surface area contributed by atoms with Crippen LogP contribution >= 0.6 is 0 Å². The third kappa shape index (κ3) is 3.04. The van der Waals surface area contributed by atoms with Gasteiger partial charge in [0.25, 0.3) is 0 Å². The highest BCUT2D eigenvalue weighted by Gasteiger charge is 2.45. The summed E-state index contributed by atoms with van der Waals surface area (Å²) < 4.78 is 38.2. The molecule has 1 aliphatic carbocycles. The Bertz CT molecular complexity index is 345. The first kappa shape index (κ1) is 14.6. The quantitative estimate of drug-likeness (QED) is 0.800. The third-order valence-corrected chi connectivity index (χ3v) is 4.58. The Morgan fingerprint density at radius 2 is 1.95 bits per heavy atom. The van der Waals surface area contributed by atoms with Gasteiger partial charge in [0.05, 0.1) is 5.92 Å². The molecule has 2 fully saturated rings. The van der Waals surface area contributed by atoms with Gasteiger partial charge in [0.15, 0.2) is 0 Å². The molecule has 1 saturated heterocycles. The second kappa shape index (κ2) is 5.31. The lowest BCUT2D eigenvalue weighted by Gasteiger charge is -2.33. The van der Waals surface area contributed by atoms with E-state index >= 15 is 0 Å². The van der Waals surface area contributed by atoms with E-state index in [0.29, 0.717) is 19.4 Å². The predicted octanol–water partition coefficient (Wildman–Crippen LogP) is 2.30. The number of likely N-dealkylation sites (tertiary alicyclic amines) is 1. The van der Waals surface area contributed by atoms with Crippen molar-refractivity contribution in [3.63, 3.8) is 0 Å². The number of nitrogens with two attached hydrogens (primary N) is 1. The molecule has 1 aliphatic heterocycles. The molecule has 1 saturated carbocycles. The molecule has 3 nitrogen and oxygen atoms in total. The van der Waals surface area contributed by atoms with Gasteiger partial charge in [-0.25, -0.2) is 0 Å². The highest BCUT2D eigenvalue weighted by atomic mass is 19.4. The number of alkyl halides is 3. The van der Waals surface area contributed by atoms with Gasteiger partial charge >= 0.3 is 6.18 Å². The molecular formula is C13H21F3N2O. The molecule has 2 aliphatic rings. The summed E-state index contributed by atoms with van der Waals surface area (Å²) in [5.74, 6) is -1.93. The molecule has 19 heavy (non-hydrogen) atoms. The van der Waals surface area contributed by atoms with Gasteiger partial charge in [0.1, 0.15) is 0 Å². The zero-order valence-corrected chi connectivity index (χ0v) is 11.1. The molecule has 2 N–H and O–H groups in total. The maximum atomic E-state index is 12.7. The molecule has 110 valence electrons. The number of rotatable bonds is 1. The molecule has 1 heterocycles. The van der Waals surface area contributed by atoms with E-state index in [1.807, 2.05) is 6.92 Å². The first-order valence-corrected chi connectivity index (χ1v) is 6.93. The molecule has 4 atom stereocenters. The van der Waals surface area contributed by atoms with Crippen LogP contribution in [-0.4, -0.2) is 35.6 Å². The molecule has 6 heteroatoms. The summed E-state index contributed by atoms with van der Waals surface area (Å²) in [6.07, 6.45) is -2.28. The van der Waals surface area contributed by atoms with Crippen LogP contribution < -0.4 is 5.73 Å². The smallest absolute Gasteiger partial charge is 0.338 e. The largest absolute Gasteiger partial charge is 0.391 e. The van der Waals surface area contributed by atoms with E-state index in [2.05, 4.69) is 0 Å². The van der Waals surface area contributed by atoms with Gasteiger partial charge in [-0.2, -0.15) is 13.2 Å². The van der Waals surface area contributed by atoms with E-state index in [4.69, 9.17) is 5.73 Å². The minimum atomic E-state index is -4.17. The van der Waals surface area contributed by atoms with Crippen molar-refractivity contribution >= 4 is 5.91 Å². The van der Waals surface area contributed by atoms with Crippen molar-refractivity contribution < 1.29 is 18.0 Å². The fourth-order valence-electron chi connectivity index (χ4n) is 3.22. The van der Waals surface area contributed by atoms with Crippen molar-refractivity contribution in [2.45, 2.75) is 57.3 Å². The lowest BCUT2D eigenvalue weighted by atomic mass is 9.80. The van der Waals surface area contributed by atoms with Crippen molar-refractivity contribution in [3.8, 4) is 0 Å². The average molecular weight is 278 g/mol. The van der Waals surface area contributed by atoms with Crippen molar-refractivity contribution in [3.05, 3.63) is 0 Å². The lowest BCUT2D eigenvalue weighted by molar-refractivity contribution is -0.187. The summed E-state index contributed by atoms with van der Waals surface area (Å²) in [5, 5.41) is 0. The zero-order chi connectivity index (χ0) is 14.2. The van der Waals surface area contributed by atoms with Gasteiger partial charge in [-0.15, -0.1) is 0 Å². The molecule has 0 radical (unpaired) electrons. The molecule has 0 bridgehead atoms. The maximum absolute atomic E-state index is 12.7. The summed E-state index contributed by atoms with van der Waals surface area (Å²) in [5.41, 5.74) is 5.86. The van der Waals surface area contributed by atoms with Crippen LogP contribution in [0.4, 0.5) is 13.2 Å². The van der Waals surface area contributed by atoms with Gasteiger partial charge in [-0.1, -0.05) is 6.42 Å². The van der Waals surface area contributed by atoms with Crippen LogP contribution in [0.2, 0.25) is 0 Å². The van der Waals surface area contributed by atoms with Crippen LogP contribution in [0, 0.1) is 11.8 Å². The van der Waals surface area contributed by atoms with Gasteiger partial charge in [-0.3, -0.25) is 4.79 Å². The van der Waals surface area contributed by atoms with Gasteiger partial charge in [0.2, 0.25) is 5.91 Å². The van der Waals surface area contributed by atoms with Crippen LogP contribution in [0.15, 0.2) is 0 Å². The Balaban J connectivity index is 2.00. The Kier molecular flexibility index (Phi) is 4.08. The summed E-state index contributed by atoms with van der Waals surface area (Å²) in [4.78, 5) is 14.0. The predicted molar refractivity (Wildman–Crippen MR) is 65.3 cm³/mol. The lowest BCUT2D eigenvalue weighted by Crippen LogP contribution is -2.45. The second-order valence-electron chi connectivity index (χ2n) is 5.83. The summed E-state index contributed by atoms with van der Waals surface area (Å²) in [7, 11) is 0. The first-order chi connectivity index (χ1) is 8.80. The average Bonchev–Trinajstić information content (AvgIpc) is 2.68. The van der Waals surface area contributed by atoms with Gasteiger partial charge in [-0.05, 0) is 32.6 Å². The van der Waals surface area contributed by atoms with Crippen LogP contribution in [0.5, 0.6) is 0 Å². The zero-order valence-electron chi connectivity index (χ0n) is 11.1. The van der Waals surface area contributed by atoms with Crippen molar-refractivity contribution in [1.29, 1.82) is 0 Å². The number of amides is 1. The molecule has 1 amide bonds. The number of carbonyl (C=O) groups excluding carboxylic acids is 1. The van der Waals surface area contributed by atoms with Crippen molar-refractivity contribution in [2.75, 3.05) is 6.54 Å². The van der Waals surface area contributed by atoms with Crippen LogP contribution in [0.1, 0.15) is 39.0 Å². The first-order valence-electron chi connectivity index (χ1n) is 6.93. The second-order valence-corrected chi connectivity index (χ2v) is 5.83. The van der Waals surface area contributed by atoms with E-state index in [1.165, 1.54) is 0 Å². The summed E-state index contributed by atoms with van der Waals surface area (Å²) in [6, 6.07) is -0.107. The fraction of sp³-hybridized carbons (Fsp3) is 0.923. The molecule has 0 aromatic heterocycles. The monoisotopic (exact) mass is 278 g/mol. The highest BCUT2D eigenvalue weighted by molar-refractivity contribution is 5.79. The van der Waals surface area contributed by atoms with E-state index in [1.54, 1.807) is 4.90 Å². The van der Waals surface area contributed by atoms with Crippen LogP contribution in [-0.2, 0) is 4.79 Å². The normalized spacial score (nSPS) is 36.6. The maximum Gasteiger partial charge on any atom is 0.391 e. The topological polar surface area (TPSA) is 46.3 Å². The molecule has 0 spiro atoms. The molecular weight excluding hydrogens is 257 g/mol. The van der Waals surface area contributed by atoms with Crippen LogP contribution in [0.3, 0.4) is 0 Å². The molecule has 2 rings (SSSR count). The van der Waals surface area contributed by atoms with Crippen LogP contribution in [0.25, 0.3) is 0 Å². The fourth-order valence-corrected chi connectivity index (χ4v) is 3.22. The Morgan fingerprint density at radius 1 is 1.26 bits per heavy atom. The Hall–Kier alpha value is -0.780. The third-order valence-electron chi connectivity index (χ3n) is 4.58. The highest BCUT2D eigenvalue weighted by Crippen LogP contribution is 2.40. The summed E-state index contributed by atoms with van der Waals surface area (Å²) >= 11 is 0. The minimum Gasteiger partial charge on any atom is -0.338 e. The van der Waals surface area contributed by atoms with E-state index in [9.17, 15) is 18.0 Å². The SMILES string of the molecule is CC1C(N)CCN1C(=O)C1CCCC(C(F)(F)F)C1. The summed E-state index contributed by atoms with van der Waals surface area (Å²) in [6.45, 7) is 2.45. The van der Waals surface area contributed by atoms with Gasteiger partial charge < -0.3 is 10.6 Å². The van der Waals surface area contributed by atoms with E-state index in [-0.39, 0.29) is 30.8 Å². The number of carbonyl (C=O) groups is 1. The van der Waals surface area contributed by atoms with E-state index in [0.717, 1.165) is 6.42 Å². The standard InChI is InChI=1S/C13H21F3N2O/c1-8-11(17)5-6-18(8)12(19)9-3-2-4-10(7-9)13(14,15)16/h8-11H,2-7,17H2,1H3. The number of halogens is 3. The molecule has 4 unspecified atom stereocenters. The number of hydrogen-bond donors (Lipinski definition) is 1. The van der Waals surface area contributed by atoms with E-state index < -0.39 is 18.0 Å². The van der Waals surface area contributed by atoms with Crippen molar-refractivity contribution in [1.82, 2.24) is 4.90 Å². The molecule has 0 aromatic carbocycles. The Morgan fingerprint density at radius 3 is 2.47 bits per heavy atom. The number of hydrogen-bond acceptors (Lipinski definition) is 2. The van der Waals surface area contributed by atoms with Gasteiger partial charge in [0, 0.05) is 24.5 Å². The Labute approximate surface area is 111 Å².